The molecule has 1 aliphatic carbocycles. The fourth-order valence-corrected chi connectivity index (χ4v) is 3.68. The number of hydrogen-bond donors (Lipinski definition) is 2. The highest BCUT2D eigenvalue weighted by Gasteiger charge is 2.30. The van der Waals surface area contributed by atoms with Crippen LogP contribution in [-0.2, 0) is 0 Å². The molecule has 0 saturated heterocycles. The maximum Gasteiger partial charge on any atom is 0.330 e. The number of Topliss-reactive ketones (excluding diaryl/α,β-unsaturated/α-hetero) is 1. The van der Waals surface area contributed by atoms with Gasteiger partial charge in [-0.3, -0.25) is 19.1 Å². The van der Waals surface area contributed by atoms with E-state index in [1.54, 1.807) is 18.2 Å². The van der Waals surface area contributed by atoms with Crippen LogP contribution in [0.1, 0.15) is 29.2 Å². The fraction of sp³-hybridized carbons (Fsp3) is 0.316. The number of carbonyl (C=O) groups excluding carboxylic acids is 1. The van der Waals surface area contributed by atoms with Gasteiger partial charge >= 0.3 is 5.69 Å². The van der Waals surface area contributed by atoms with Crippen LogP contribution < -0.4 is 26.5 Å². The number of benzene rings is 1. The first-order valence-electron chi connectivity index (χ1n) is 9.28. The number of nitrogen functional groups attached to an aromatic ring is 1. The minimum Gasteiger partial charge on any atom is -0.497 e. The number of methoxy groups -OCH3 is 2. The zero-order valence-corrected chi connectivity index (χ0v) is 17.5. The molecule has 0 unspecified atom stereocenters. The van der Waals surface area contributed by atoms with Crippen molar-refractivity contribution in [2.75, 3.05) is 25.7 Å². The number of thioether (sulfide) groups is 1. The molecule has 0 bridgehead atoms. The average Bonchev–Trinajstić information content (AvgIpc) is 3.46. The summed E-state index contributed by atoms with van der Waals surface area (Å²) in [7, 11) is 3.05. The van der Waals surface area contributed by atoms with Crippen LogP contribution in [0, 0.1) is 0 Å². The Bertz CT molecular complexity index is 1240. The number of ether oxygens (including phenoxy) is 2. The van der Waals surface area contributed by atoms with E-state index in [0.717, 1.165) is 24.6 Å². The molecule has 1 aromatic carbocycles. The maximum atomic E-state index is 12.7. The van der Waals surface area contributed by atoms with E-state index in [1.807, 2.05) is 0 Å². The molecule has 1 saturated carbocycles. The number of ketones is 1. The number of nitrogens with zero attached hydrogens (tertiary/aromatic N) is 3. The highest BCUT2D eigenvalue weighted by atomic mass is 32.2. The number of hydrogen-bond acceptors (Lipinski definition) is 10. The first-order valence-corrected chi connectivity index (χ1v) is 10.3. The fourth-order valence-electron chi connectivity index (χ4n) is 3.05. The predicted molar refractivity (Wildman–Crippen MR) is 112 cm³/mol. The third kappa shape index (κ3) is 4.19. The Morgan fingerprint density at radius 2 is 1.90 bits per heavy atom. The first-order chi connectivity index (χ1) is 14.9. The molecule has 0 spiro atoms. The van der Waals surface area contributed by atoms with Crippen molar-refractivity contribution in [3.63, 3.8) is 0 Å². The van der Waals surface area contributed by atoms with E-state index in [1.165, 1.54) is 18.8 Å². The Labute approximate surface area is 179 Å². The van der Waals surface area contributed by atoms with Crippen molar-refractivity contribution in [2.24, 2.45) is 0 Å². The van der Waals surface area contributed by atoms with E-state index in [9.17, 15) is 14.4 Å². The molecule has 162 valence electrons. The van der Waals surface area contributed by atoms with E-state index in [2.05, 4.69) is 15.2 Å². The van der Waals surface area contributed by atoms with Crippen LogP contribution in [0.25, 0.3) is 11.5 Å². The SMILES string of the molecule is COc1cc(OC)cc(-c2nnc(SCC(=O)c3c(N)n(C4CC4)c(=O)[nH]c3=O)o2)c1. The molecule has 12 heteroatoms. The highest BCUT2D eigenvalue weighted by molar-refractivity contribution is 7.99. The third-order valence-electron chi connectivity index (χ3n) is 4.70. The normalized spacial score (nSPS) is 13.2. The summed E-state index contributed by atoms with van der Waals surface area (Å²) in [5, 5.41) is 8.04. The molecule has 11 nitrogen and oxygen atoms in total. The van der Waals surface area contributed by atoms with Crippen molar-refractivity contribution in [1.82, 2.24) is 19.7 Å². The van der Waals surface area contributed by atoms with Gasteiger partial charge in [-0.05, 0) is 25.0 Å². The van der Waals surface area contributed by atoms with E-state index >= 15 is 0 Å². The zero-order valence-electron chi connectivity index (χ0n) is 16.7. The minimum atomic E-state index is -0.806. The molecule has 3 aromatic rings. The van der Waals surface area contributed by atoms with Crippen LogP contribution in [0.5, 0.6) is 11.5 Å². The number of aromatic nitrogens is 4. The number of nitrogens with one attached hydrogen (secondary N) is 1. The minimum absolute atomic E-state index is 0.0816. The zero-order chi connectivity index (χ0) is 22.1. The van der Waals surface area contributed by atoms with Gasteiger partial charge in [0.05, 0.1) is 20.0 Å². The molecule has 1 aliphatic rings. The number of aromatic amines is 1. The molecule has 0 aliphatic heterocycles. The van der Waals surface area contributed by atoms with Crippen LogP contribution in [-0.4, -0.2) is 45.5 Å². The van der Waals surface area contributed by atoms with Crippen molar-refractivity contribution in [2.45, 2.75) is 24.1 Å². The monoisotopic (exact) mass is 445 g/mol. The maximum absolute atomic E-state index is 12.7. The second kappa shape index (κ2) is 8.30. The Kier molecular flexibility index (Phi) is 5.55. The van der Waals surface area contributed by atoms with Crippen molar-refractivity contribution < 1.29 is 18.7 Å². The molecule has 0 atom stereocenters. The topological polar surface area (TPSA) is 155 Å². The largest absolute Gasteiger partial charge is 0.497 e. The molecule has 0 radical (unpaired) electrons. The van der Waals surface area contributed by atoms with Crippen molar-refractivity contribution in [3.8, 4) is 23.0 Å². The second-order valence-corrected chi connectivity index (χ2v) is 7.73. The Balaban J connectivity index is 1.52. The number of H-pyrrole nitrogens is 1. The molecule has 31 heavy (non-hydrogen) atoms. The molecule has 1 fully saturated rings. The Morgan fingerprint density at radius 1 is 1.23 bits per heavy atom. The van der Waals surface area contributed by atoms with Crippen LogP contribution in [0.3, 0.4) is 0 Å². The third-order valence-corrected chi connectivity index (χ3v) is 5.52. The van der Waals surface area contributed by atoms with Gasteiger partial charge < -0.3 is 19.6 Å². The lowest BCUT2D eigenvalue weighted by atomic mass is 10.2. The lowest BCUT2D eigenvalue weighted by molar-refractivity contribution is 0.102. The second-order valence-electron chi connectivity index (χ2n) is 6.81. The van der Waals surface area contributed by atoms with Gasteiger partial charge in [0.1, 0.15) is 22.9 Å². The van der Waals surface area contributed by atoms with Crippen molar-refractivity contribution in [3.05, 3.63) is 44.6 Å². The van der Waals surface area contributed by atoms with E-state index in [4.69, 9.17) is 19.6 Å². The lowest BCUT2D eigenvalue weighted by Gasteiger charge is -2.10. The predicted octanol–water partition coefficient (Wildman–Crippen LogP) is 1.50. The molecular formula is C19H19N5O6S. The van der Waals surface area contributed by atoms with Gasteiger partial charge in [0.15, 0.2) is 5.78 Å². The van der Waals surface area contributed by atoms with Crippen LogP contribution in [0.2, 0.25) is 0 Å². The highest BCUT2D eigenvalue weighted by Crippen LogP contribution is 2.35. The summed E-state index contributed by atoms with van der Waals surface area (Å²) >= 11 is 0.962. The summed E-state index contributed by atoms with van der Waals surface area (Å²) in [5.74, 6) is 0.498. The van der Waals surface area contributed by atoms with Crippen LogP contribution in [0.15, 0.2) is 37.4 Å². The summed E-state index contributed by atoms with van der Waals surface area (Å²) in [5.41, 5.74) is 4.90. The first kappa shape index (κ1) is 20.7. The molecule has 0 amide bonds. The number of nitrogens with two attached hydrogens (primary N) is 1. The van der Waals surface area contributed by atoms with Gasteiger partial charge in [0, 0.05) is 17.7 Å². The van der Waals surface area contributed by atoms with Crippen LogP contribution in [0.4, 0.5) is 5.82 Å². The lowest BCUT2D eigenvalue weighted by Crippen LogP contribution is -2.36. The molecule has 4 rings (SSSR count). The number of rotatable bonds is 8. The average molecular weight is 445 g/mol. The Hall–Kier alpha value is -3.54. The van der Waals surface area contributed by atoms with Gasteiger partial charge in [-0.2, -0.15) is 0 Å². The number of anilines is 1. The quantitative estimate of drug-likeness (QED) is 0.385. The molecule has 3 N–H and O–H groups in total. The summed E-state index contributed by atoms with van der Waals surface area (Å²) in [4.78, 5) is 39.0. The van der Waals surface area contributed by atoms with Gasteiger partial charge in [-0.15, -0.1) is 10.2 Å². The number of carbonyl (C=O) groups is 1. The van der Waals surface area contributed by atoms with Gasteiger partial charge in [0.25, 0.3) is 10.8 Å². The van der Waals surface area contributed by atoms with Crippen molar-refractivity contribution in [1.29, 1.82) is 0 Å². The van der Waals surface area contributed by atoms with Crippen LogP contribution >= 0.6 is 11.8 Å². The van der Waals surface area contributed by atoms with Gasteiger partial charge in [0.2, 0.25) is 5.89 Å². The standard InChI is InChI=1S/C19H19N5O6S/c1-28-11-5-9(6-12(7-11)29-2)17-22-23-19(30-17)31-8-13(25)14-15(20)24(10-3-4-10)18(27)21-16(14)26/h5-7,10H,3-4,8,20H2,1-2H3,(H,21,26,27). The van der Waals surface area contributed by atoms with E-state index in [-0.39, 0.29) is 34.3 Å². The summed E-state index contributed by atoms with van der Waals surface area (Å²) in [6.45, 7) is 0. The summed E-state index contributed by atoms with van der Waals surface area (Å²) < 4.78 is 17.3. The summed E-state index contributed by atoms with van der Waals surface area (Å²) in [6, 6.07) is 5.03. The molecular weight excluding hydrogens is 426 g/mol. The van der Waals surface area contributed by atoms with Gasteiger partial charge in [-0.25, -0.2) is 4.79 Å². The van der Waals surface area contributed by atoms with Crippen molar-refractivity contribution >= 4 is 23.4 Å². The van der Waals surface area contributed by atoms with E-state index < -0.39 is 17.0 Å². The van der Waals surface area contributed by atoms with Gasteiger partial charge in [-0.1, -0.05) is 11.8 Å². The Morgan fingerprint density at radius 3 is 2.52 bits per heavy atom. The summed E-state index contributed by atoms with van der Waals surface area (Å²) in [6.07, 6.45) is 1.55. The molecule has 2 heterocycles. The van der Waals surface area contributed by atoms with E-state index in [0.29, 0.717) is 17.1 Å². The smallest absolute Gasteiger partial charge is 0.330 e. The molecule has 2 aromatic heterocycles.